The number of fused-ring (bicyclic) bond motifs is 2. The molecule has 4 heteroatoms. The lowest BCUT2D eigenvalue weighted by Crippen LogP contribution is -2.51. The summed E-state index contributed by atoms with van der Waals surface area (Å²) in [5, 5.41) is 20.9. The largest absolute Gasteiger partial charge is 0.383 e. The van der Waals surface area contributed by atoms with Gasteiger partial charge in [0.2, 0.25) is 0 Å². The first-order valence-corrected chi connectivity index (χ1v) is 7.11. The van der Waals surface area contributed by atoms with Gasteiger partial charge in [0.25, 0.3) is 0 Å². The number of aliphatic hydroxyl groups is 1. The van der Waals surface area contributed by atoms with Crippen LogP contribution in [0.4, 0.5) is 4.39 Å². The van der Waals surface area contributed by atoms with Crippen LogP contribution in [0.25, 0.3) is 0 Å². The van der Waals surface area contributed by atoms with E-state index in [1.165, 1.54) is 6.07 Å². The van der Waals surface area contributed by atoms with Crippen LogP contribution in [0.2, 0.25) is 0 Å². The monoisotopic (exact) mass is 275 g/mol. The minimum atomic E-state index is -1.51. The summed E-state index contributed by atoms with van der Waals surface area (Å²) < 4.78 is 19.9. The second-order valence-electron chi connectivity index (χ2n) is 5.81. The molecule has 0 spiro atoms. The van der Waals surface area contributed by atoms with E-state index in [9.17, 15) is 14.8 Å². The molecule has 1 aromatic carbocycles. The van der Waals surface area contributed by atoms with Gasteiger partial charge in [0.15, 0.2) is 0 Å². The molecule has 4 atom stereocenters. The van der Waals surface area contributed by atoms with Gasteiger partial charge in [-0.15, -0.1) is 0 Å². The summed E-state index contributed by atoms with van der Waals surface area (Å²) in [6, 6.07) is 8.47. The maximum atomic E-state index is 14.2. The van der Waals surface area contributed by atoms with Gasteiger partial charge in [-0.1, -0.05) is 25.1 Å². The second kappa shape index (κ2) is 4.54. The first-order valence-electron chi connectivity index (χ1n) is 7.11. The van der Waals surface area contributed by atoms with Crippen molar-refractivity contribution in [2.24, 2.45) is 5.41 Å². The van der Waals surface area contributed by atoms with Crippen LogP contribution in [0, 0.1) is 22.6 Å². The minimum absolute atomic E-state index is 0.0181. The van der Waals surface area contributed by atoms with Crippen molar-refractivity contribution in [1.82, 2.24) is 0 Å². The van der Waals surface area contributed by atoms with Crippen LogP contribution in [-0.4, -0.2) is 17.3 Å². The van der Waals surface area contributed by atoms with Crippen LogP contribution in [0.1, 0.15) is 38.2 Å². The molecule has 2 fully saturated rings. The third-order valence-electron chi connectivity index (χ3n) is 4.98. The molecule has 1 N–H and O–H groups in total. The number of halogens is 1. The minimum Gasteiger partial charge on any atom is -0.383 e. The maximum absolute atomic E-state index is 14.2. The van der Waals surface area contributed by atoms with Crippen molar-refractivity contribution in [2.45, 2.75) is 50.4 Å². The van der Waals surface area contributed by atoms with E-state index in [4.69, 9.17) is 4.74 Å². The van der Waals surface area contributed by atoms with Gasteiger partial charge in [-0.2, -0.15) is 5.26 Å². The van der Waals surface area contributed by atoms with Crippen LogP contribution in [0.5, 0.6) is 0 Å². The number of nitrogens with zero attached hydrogens (tertiary/aromatic N) is 1. The zero-order chi connectivity index (χ0) is 14.4. The Morgan fingerprint density at radius 2 is 2.25 bits per heavy atom. The van der Waals surface area contributed by atoms with Crippen molar-refractivity contribution in [3.63, 3.8) is 0 Å². The van der Waals surface area contributed by atoms with Gasteiger partial charge in [-0.05, 0) is 31.7 Å². The van der Waals surface area contributed by atoms with Crippen molar-refractivity contribution < 1.29 is 14.2 Å². The molecule has 2 bridgehead atoms. The molecule has 2 saturated heterocycles. The molecule has 0 saturated carbocycles. The number of hydrogen-bond donors (Lipinski definition) is 1. The molecule has 1 aromatic rings. The standard InChI is InChI=1S/C16H18FNO2/c1-2-16(19,12-5-3-4-6-13(12)17)15(10-18)9-11-7-8-14(15)20-11/h3-6,11,14,19H,2,7-9H2,1H3. The van der Waals surface area contributed by atoms with E-state index in [0.717, 1.165) is 12.8 Å². The number of benzene rings is 1. The zero-order valence-electron chi connectivity index (χ0n) is 11.5. The average molecular weight is 275 g/mol. The van der Waals surface area contributed by atoms with E-state index in [0.29, 0.717) is 6.42 Å². The number of hydrogen-bond acceptors (Lipinski definition) is 3. The van der Waals surface area contributed by atoms with E-state index >= 15 is 0 Å². The third-order valence-corrected chi connectivity index (χ3v) is 4.98. The van der Waals surface area contributed by atoms with E-state index in [-0.39, 0.29) is 24.2 Å². The van der Waals surface area contributed by atoms with Gasteiger partial charge in [-0.25, -0.2) is 4.39 Å². The van der Waals surface area contributed by atoms with Crippen LogP contribution >= 0.6 is 0 Å². The normalized spacial score (nSPS) is 34.7. The Bertz CT molecular complexity index is 570. The van der Waals surface area contributed by atoms with E-state index in [2.05, 4.69) is 6.07 Å². The summed E-state index contributed by atoms with van der Waals surface area (Å²) in [5.74, 6) is -0.464. The molecule has 3 rings (SSSR count). The zero-order valence-corrected chi connectivity index (χ0v) is 11.5. The first-order chi connectivity index (χ1) is 9.57. The molecule has 0 radical (unpaired) electrons. The smallest absolute Gasteiger partial charge is 0.129 e. The van der Waals surface area contributed by atoms with Gasteiger partial charge in [0, 0.05) is 5.56 Å². The molecule has 3 nitrogen and oxygen atoms in total. The van der Waals surface area contributed by atoms with Crippen LogP contribution < -0.4 is 0 Å². The predicted molar refractivity (Wildman–Crippen MR) is 71.1 cm³/mol. The quantitative estimate of drug-likeness (QED) is 0.922. The highest BCUT2D eigenvalue weighted by Gasteiger charge is 2.64. The summed E-state index contributed by atoms with van der Waals surface area (Å²) in [4.78, 5) is 0. The fourth-order valence-electron chi connectivity index (χ4n) is 3.90. The van der Waals surface area contributed by atoms with E-state index in [1.807, 2.05) is 0 Å². The third kappa shape index (κ3) is 1.57. The van der Waals surface area contributed by atoms with E-state index in [1.54, 1.807) is 25.1 Å². The molecule has 0 aliphatic carbocycles. The highest BCUT2D eigenvalue weighted by atomic mass is 19.1. The molecular weight excluding hydrogens is 257 g/mol. The summed E-state index contributed by atoms with van der Waals surface area (Å²) in [7, 11) is 0. The summed E-state index contributed by atoms with van der Waals surface area (Å²) >= 11 is 0. The van der Waals surface area contributed by atoms with Crippen LogP contribution in [-0.2, 0) is 10.3 Å². The number of nitriles is 1. The number of rotatable bonds is 3. The fourth-order valence-corrected chi connectivity index (χ4v) is 3.90. The Morgan fingerprint density at radius 3 is 2.75 bits per heavy atom. The Hall–Kier alpha value is -1.44. The first kappa shape index (κ1) is 13.5. The summed E-state index contributed by atoms with van der Waals surface area (Å²) in [5.41, 5.74) is -2.35. The number of ether oxygens (including phenoxy) is 1. The highest BCUT2D eigenvalue weighted by molar-refractivity contribution is 5.33. The SMILES string of the molecule is CCC(O)(c1ccccc1F)C1(C#N)CC2CCC1O2. The Kier molecular flexibility index (Phi) is 3.07. The molecule has 0 aromatic heterocycles. The molecule has 2 heterocycles. The molecule has 2 aliphatic heterocycles. The highest BCUT2D eigenvalue weighted by Crippen LogP contribution is 2.58. The van der Waals surface area contributed by atoms with Crippen molar-refractivity contribution in [3.05, 3.63) is 35.6 Å². The lowest BCUT2D eigenvalue weighted by molar-refractivity contribution is -0.0961. The van der Waals surface area contributed by atoms with Gasteiger partial charge >= 0.3 is 0 Å². The molecule has 20 heavy (non-hydrogen) atoms. The van der Waals surface area contributed by atoms with Crippen molar-refractivity contribution in [1.29, 1.82) is 5.26 Å². The van der Waals surface area contributed by atoms with Crippen LogP contribution in [0.15, 0.2) is 24.3 Å². The summed E-state index contributed by atoms with van der Waals surface area (Å²) in [6.45, 7) is 1.79. The van der Waals surface area contributed by atoms with Crippen LogP contribution in [0.3, 0.4) is 0 Å². The van der Waals surface area contributed by atoms with Crippen molar-refractivity contribution >= 4 is 0 Å². The maximum Gasteiger partial charge on any atom is 0.129 e. The molecular formula is C16H18FNO2. The predicted octanol–water partition coefficient (Wildman–Crippen LogP) is 2.88. The van der Waals surface area contributed by atoms with Gasteiger partial charge < -0.3 is 9.84 Å². The second-order valence-corrected chi connectivity index (χ2v) is 5.81. The molecule has 2 aliphatic rings. The Balaban J connectivity index is 2.13. The summed E-state index contributed by atoms with van der Waals surface area (Å²) in [6.07, 6.45) is 2.16. The topological polar surface area (TPSA) is 53.2 Å². The molecule has 106 valence electrons. The van der Waals surface area contributed by atoms with Crippen molar-refractivity contribution in [3.8, 4) is 6.07 Å². The van der Waals surface area contributed by atoms with Crippen molar-refractivity contribution in [2.75, 3.05) is 0 Å². The average Bonchev–Trinajstić information content (AvgIpc) is 3.08. The van der Waals surface area contributed by atoms with Gasteiger partial charge in [0.05, 0.1) is 18.3 Å². The molecule has 4 unspecified atom stereocenters. The van der Waals surface area contributed by atoms with E-state index < -0.39 is 16.8 Å². The fraction of sp³-hybridized carbons (Fsp3) is 0.562. The van der Waals surface area contributed by atoms with Gasteiger partial charge in [-0.3, -0.25) is 0 Å². The Morgan fingerprint density at radius 1 is 1.50 bits per heavy atom. The van der Waals surface area contributed by atoms with Gasteiger partial charge in [0.1, 0.15) is 16.8 Å². The lowest BCUT2D eigenvalue weighted by atomic mass is 9.60. The molecule has 0 amide bonds. The Labute approximate surface area is 118 Å². The lowest BCUT2D eigenvalue weighted by Gasteiger charge is -2.43.